The maximum atomic E-state index is 12.0. The van der Waals surface area contributed by atoms with Crippen molar-refractivity contribution in [3.63, 3.8) is 0 Å². The lowest BCUT2D eigenvalue weighted by molar-refractivity contribution is -0.138. The summed E-state index contributed by atoms with van der Waals surface area (Å²) in [6.07, 6.45) is 6.03. The average Bonchev–Trinajstić information content (AvgIpc) is 2.53. The maximum absolute atomic E-state index is 12.0. The van der Waals surface area contributed by atoms with E-state index in [2.05, 4.69) is 31.3 Å². The highest BCUT2D eigenvalue weighted by Gasteiger charge is 2.14. The van der Waals surface area contributed by atoms with Crippen LogP contribution in [0.5, 0.6) is 0 Å². The number of allylic oxidation sites excluding steroid dienone is 7. The summed E-state index contributed by atoms with van der Waals surface area (Å²) in [5.41, 5.74) is 4.42. The van der Waals surface area contributed by atoms with Gasteiger partial charge in [-0.25, -0.2) is 0 Å². The molecule has 0 saturated heterocycles. The van der Waals surface area contributed by atoms with E-state index in [0.29, 0.717) is 17.6 Å². The molecule has 0 radical (unpaired) electrons. The van der Waals surface area contributed by atoms with Gasteiger partial charge < -0.3 is 5.11 Å². The number of Topliss-reactive ketones (excluding diaryl/α,β-unsaturated/α-hetero) is 1. The Kier molecular flexibility index (Phi) is 10.5. The fourth-order valence-corrected chi connectivity index (χ4v) is 2.12. The Morgan fingerprint density at radius 2 is 1.62 bits per heavy atom. The Balaban J connectivity index is 5.58. The quantitative estimate of drug-likeness (QED) is 0.222. The third kappa shape index (κ3) is 9.52. The molecule has 0 unspecified atom stereocenters. The topological polar surface area (TPSA) is 66.7 Å². The van der Waals surface area contributed by atoms with Crippen LogP contribution in [0, 0.1) is 0 Å². The highest BCUT2D eigenvalue weighted by atomic mass is 16.4. The van der Waals surface area contributed by atoms with Gasteiger partial charge in [0.05, 0.1) is 12.1 Å². The number of hydrogen-bond donors (Lipinski definition) is 1. The lowest BCUT2D eigenvalue weighted by atomic mass is 9.93. The molecule has 4 nitrogen and oxygen atoms in total. The van der Waals surface area contributed by atoms with Crippen LogP contribution >= 0.6 is 0 Å². The molecule has 0 aromatic heterocycles. The van der Waals surface area contributed by atoms with Crippen LogP contribution in [0.1, 0.15) is 46.5 Å². The summed E-state index contributed by atoms with van der Waals surface area (Å²) in [7, 11) is 0. The lowest BCUT2D eigenvalue weighted by Crippen LogP contribution is -2.07. The standard InChI is InChI=1S/C22H29NO3/c1-8-9-19(20(12-15(2)3)23-14-16(4)5)17(6)13-18(7)21(24)10-11-22(25)26/h8-9,14H,2,4,6-7,10-13H2,1,3,5H3,(H,25,26). The van der Waals surface area contributed by atoms with Crippen LogP contribution in [0.15, 0.2) is 77.0 Å². The summed E-state index contributed by atoms with van der Waals surface area (Å²) in [5.74, 6) is -1.27. The Morgan fingerprint density at radius 3 is 2.08 bits per heavy atom. The average molecular weight is 355 g/mol. The van der Waals surface area contributed by atoms with Gasteiger partial charge in [-0.2, -0.15) is 0 Å². The Morgan fingerprint density at radius 1 is 1.00 bits per heavy atom. The van der Waals surface area contributed by atoms with Gasteiger partial charge >= 0.3 is 5.97 Å². The van der Waals surface area contributed by atoms with E-state index in [9.17, 15) is 9.59 Å². The predicted molar refractivity (Wildman–Crippen MR) is 109 cm³/mol. The van der Waals surface area contributed by atoms with Gasteiger partial charge in [0, 0.05) is 25.5 Å². The van der Waals surface area contributed by atoms with Crippen LogP contribution in [-0.2, 0) is 9.59 Å². The summed E-state index contributed by atoms with van der Waals surface area (Å²) in [6.45, 7) is 21.3. The van der Waals surface area contributed by atoms with Crippen molar-refractivity contribution in [2.24, 2.45) is 4.99 Å². The summed E-state index contributed by atoms with van der Waals surface area (Å²) < 4.78 is 0. The first-order valence-corrected chi connectivity index (χ1v) is 8.39. The summed E-state index contributed by atoms with van der Waals surface area (Å²) in [5, 5.41) is 8.70. The van der Waals surface area contributed by atoms with Crippen molar-refractivity contribution >= 4 is 18.0 Å². The summed E-state index contributed by atoms with van der Waals surface area (Å²) in [4.78, 5) is 27.2. The van der Waals surface area contributed by atoms with E-state index in [0.717, 1.165) is 22.4 Å². The molecule has 0 fully saturated rings. The van der Waals surface area contributed by atoms with E-state index < -0.39 is 5.97 Å². The Hall–Kier alpha value is -2.75. The van der Waals surface area contributed by atoms with Crippen molar-refractivity contribution in [3.05, 3.63) is 72.0 Å². The zero-order chi connectivity index (χ0) is 20.3. The molecule has 0 aromatic rings. The molecule has 0 rings (SSSR count). The molecule has 140 valence electrons. The third-order valence-corrected chi connectivity index (χ3v) is 3.32. The van der Waals surface area contributed by atoms with Crippen molar-refractivity contribution < 1.29 is 14.7 Å². The van der Waals surface area contributed by atoms with Gasteiger partial charge in [0.15, 0.2) is 5.78 Å². The number of carboxylic acids is 1. The number of aliphatic carboxylic acids is 1. The fourth-order valence-electron chi connectivity index (χ4n) is 2.12. The summed E-state index contributed by atoms with van der Waals surface area (Å²) in [6, 6.07) is 0. The van der Waals surface area contributed by atoms with Crippen LogP contribution < -0.4 is 0 Å². The largest absolute Gasteiger partial charge is 0.481 e. The van der Waals surface area contributed by atoms with E-state index in [4.69, 9.17) is 5.11 Å². The minimum Gasteiger partial charge on any atom is -0.481 e. The zero-order valence-electron chi connectivity index (χ0n) is 16.1. The van der Waals surface area contributed by atoms with Crippen LogP contribution in [0.2, 0.25) is 0 Å². The number of rotatable bonds is 12. The highest BCUT2D eigenvalue weighted by molar-refractivity contribution is 5.96. The molecule has 0 spiro atoms. The second kappa shape index (κ2) is 11.7. The number of carboxylic acid groups (broad SMARTS) is 1. The van der Waals surface area contributed by atoms with Crippen molar-refractivity contribution in [1.29, 1.82) is 0 Å². The second-order valence-corrected chi connectivity index (χ2v) is 6.30. The van der Waals surface area contributed by atoms with E-state index >= 15 is 0 Å². The van der Waals surface area contributed by atoms with Crippen molar-refractivity contribution in [1.82, 2.24) is 0 Å². The number of aliphatic imine (C=N–C) groups is 1. The van der Waals surface area contributed by atoms with Crippen molar-refractivity contribution in [3.8, 4) is 0 Å². The van der Waals surface area contributed by atoms with Gasteiger partial charge in [0.25, 0.3) is 0 Å². The van der Waals surface area contributed by atoms with Crippen molar-refractivity contribution in [2.75, 3.05) is 0 Å². The molecule has 0 saturated carbocycles. The van der Waals surface area contributed by atoms with Gasteiger partial charge in [0.1, 0.15) is 0 Å². The highest BCUT2D eigenvalue weighted by Crippen LogP contribution is 2.26. The minimum absolute atomic E-state index is 0.0590. The van der Waals surface area contributed by atoms with Gasteiger partial charge in [0.2, 0.25) is 0 Å². The Labute approximate surface area is 156 Å². The van der Waals surface area contributed by atoms with Gasteiger partial charge in [-0.3, -0.25) is 14.6 Å². The van der Waals surface area contributed by atoms with Crippen LogP contribution in [0.4, 0.5) is 0 Å². The number of carbonyl (C=O) groups is 2. The first-order chi connectivity index (χ1) is 12.1. The molecule has 0 bridgehead atoms. The summed E-state index contributed by atoms with van der Waals surface area (Å²) >= 11 is 0. The van der Waals surface area contributed by atoms with Gasteiger partial charge in [-0.15, -0.1) is 0 Å². The van der Waals surface area contributed by atoms with E-state index in [1.807, 2.05) is 32.9 Å². The maximum Gasteiger partial charge on any atom is 0.303 e. The number of hydrogen-bond acceptors (Lipinski definition) is 3. The fraction of sp³-hybridized carbons (Fsp3) is 0.318. The SMILES string of the molecule is C=C(C)C=NC(CC(=C)C)=C(C=CC)C(=C)CC(=C)C(=O)CCC(=O)O. The molecular formula is C22H29NO3. The predicted octanol–water partition coefficient (Wildman–Crippen LogP) is 5.37. The first-order valence-electron chi connectivity index (χ1n) is 8.39. The number of ketones is 1. The molecule has 0 aromatic carbocycles. The number of nitrogens with zero attached hydrogens (tertiary/aromatic N) is 1. The van der Waals surface area contributed by atoms with E-state index in [-0.39, 0.29) is 25.0 Å². The molecule has 1 N–H and O–H groups in total. The minimum atomic E-state index is -1.00. The van der Waals surface area contributed by atoms with Gasteiger partial charge in [-0.05, 0) is 43.1 Å². The molecule has 0 aliphatic heterocycles. The normalized spacial score (nSPS) is 12.1. The molecule has 0 aliphatic carbocycles. The van der Waals surface area contributed by atoms with Crippen LogP contribution in [-0.4, -0.2) is 23.1 Å². The van der Waals surface area contributed by atoms with Crippen LogP contribution in [0.25, 0.3) is 0 Å². The zero-order valence-corrected chi connectivity index (χ0v) is 16.1. The molecule has 26 heavy (non-hydrogen) atoms. The monoisotopic (exact) mass is 355 g/mol. The Bertz CT molecular complexity index is 703. The second-order valence-electron chi connectivity index (χ2n) is 6.30. The lowest BCUT2D eigenvalue weighted by Gasteiger charge is -2.13. The molecule has 0 amide bonds. The molecule has 4 heteroatoms. The smallest absolute Gasteiger partial charge is 0.303 e. The number of carbonyl (C=O) groups excluding carboxylic acids is 1. The van der Waals surface area contributed by atoms with E-state index in [1.165, 1.54) is 0 Å². The van der Waals surface area contributed by atoms with Gasteiger partial charge in [-0.1, -0.05) is 44.0 Å². The van der Waals surface area contributed by atoms with Crippen molar-refractivity contribution in [2.45, 2.75) is 46.5 Å². The molecular weight excluding hydrogens is 326 g/mol. The molecule has 0 atom stereocenters. The molecule has 0 aliphatic rings. The molecule has 0 heterocycles. The third-order valence-electron chi connectivity index (χ3n) is 3.32. The van der Waals surface area contributed by atoms with Crippen LogP contribution in [0.3, 0.4) is 0 Å². The van der Waals surface area contributed by atoms with E-state index in [1.54, 1.807) is 6.21 Å². The first kappa shape index (κ1) is 23.2.